The van der Waals surface area contributed by atoms with Gasteiger partial charge in [0.05, 0.1) is 0 Å². The monoisotopic (exact) mass is 300 g/mol. The maximum absolute atomic E-state index is 4.50. The second kappa shape index (κ2) is 3940. The smallest absolute Gasteiger partial charge is 0 e. The minimum absolute atomic E-state index is 0. The summed E-state index contributed by atoms with van der Waals surface area (Å²) in [6.45, 7) is 7.00. The zero-order valence-electron chi connectivity index (χ0n) is 5.27. The maximum Gasteiger partial charge on any atom is 0 e. The summed E-state index contributed by atoms with van der Waals surface area (Å²) in [7, 11) is 3.00. The predicted molar refractivity (Wildman–Crippen MR) is 33.8 cm³/mol. The molecule has 0 unspecified atom stereocenters. The Kier molecular flexibility index (Phi) is 20100. The topological polar surface area (TPSA) is 83.5 Å². The molecule has 0 aliphatic carbocycles. The van der Waals surface area contributed by atoms with Crippen LogP contribution in [-0.4, -0.2) is 19.6 Å². The number of hydrogen-bond acceptors (Lipinski definition) is 2. The van der Waals surface area contributed by atoms with Crippen LogP contribution in [0.4, 0.5) is 0 Å². The first-order valence-electron chi connectivity index (χ1n) is 1.56. The molecule has 8 heavy (non-hydrogen) atoms. The minimum Gasteiger partial charge on any atom is -0.521 e. The van der Waals surface area contributed by atoms with Crippen LogP contribution in [0.5, 0.6) is 0 Å². The summed E-state index contributed by atoms with van der Waals surface area (Å²) >= 11 is 0. The number of hydrogen-bond donors (Lipinski definition) is 2. The second-order valence-corrected chi connectivity index (χ2v) is 0. The fraction of sp³-hybridized carbons (Fsp3) is 0.500. The van der Waals surface area contributed by atoms with Gasteiger partial charge in [-0.3, -0.25) is 6.58 Å². The molecule has 0 saturated carbocycles. The van der Waals surface area contributed by atoms with Gasteiger partial charge in [-0.1, -0.05) is 0 Å². The van der Waals surface area contributed by atoms with Crippen molar-refractivity contribution in [3.8, 4) is 0 Å². The van der Waals surface area contributed by atoms with Gasteiger partial charge in [0.25, 0.3) is 0 Å². The van der Waals surface area contributed by atoms with Gasteiger partial charge < -0.3 is 23.5 Å². The summed E-state index contributed by atoms with van der Waals surface area (Å²) in [6, 6.07) is 0. The van der Waals surface area contributed by atoms with E-state index < -0.39 is 0 Å². The molecule has 0 aromatic rings. The largest absolute Gasteiger partial charge is 0.521 e. The fourth-order valence-electron chi connectivity index (χ4n) is 0. The van der Waals surface area contributed by atoms with Gasteiger partial charge in [0, 0.05) is 20.1 Å². The van der Waals surface area contributed by atoms with Crippen LogP contribution in [0.25, 0.3) is 0 Å². The van der Waals surface area contributed by atoms with Gasteiger partial charge in [0.15, 0.2) is 0 Å². The normalized spacial score (nSPS) is 2.00. The van der Waals surface area contributed by atoms with Gasteiger partial charge in [-0.2, -0.15) is 0 Å². The van der Waals surface area contributed by atoms with E-state index in [0.29, 0.717) is 0 Å². The molecule has 0 atom stereocenters. The molecule has 0 saturated heterocycles. The van der Waals surface area contributed by atoms with Crippen LogP contribution in [-0.2, 0) is 20.1 Å². The molecule has 1 radical (unpaired) electrons. The molecular formula is C4H15IrN2O-. The van der Waals surface area contributed by atoms with E-state index in [1.807, 2.05) is 0 Å². The van der Waals surface area contributed by atoms with Crippen molar-refractivity contribution in [3.05, 3.63) is 13.2 Å². The molecule has 0 aliphatic rings. The van der Waals surface area contributed by atoms with Crippen LogP contribution in [0.2, 0.25) is 0 Å². The zero-order valence-corrected chi connectivity index (χ0v) is 7.67. The van der Waals surface area contributed by atoms with Gasteiger partial charge in [0.2, 0.25) is 0 Å². The molecule has 6 N–H and O–H groups in total. The molecule has 0 amide bonds. The van der Waals surface area contributed by atoms with Gasteiger partial charge in [-0.25, -0.2) is 0 Å². The van der Waals surface area contributed by atoms with E-state index in [9.17, 15) is 0 Å². The van der Waals surface area contributed by atoms with Crippen molar-refractivity contribution in [2.45, 2.75) is 0 Å². The first-order chi connectivity index (χ1) is 3.00. The molecule has 0 fully saturated rings. The van der Waals surface area contributed by atoms with Crippen LogP contribution in [0.15, 0.2) is 6.58 Å². The van der Waals surface area contributed by atoms with Crippen LogP contribution < -0.4 is 11.5 Å². The first-order valence-corrected chi connectivity index (χ1v) is 1.56. The van der Waals surface area contributed by atoms with Crippen LogP contribution in [0.3, 0.4) is 0 Å². The molecule has 4 heteroatoms. The molecular weight excluding hydrogens is 284 g/mol. The summed E-state index contributed by atoms with van der Waals surface area (Å²) in [6.07, 6.45) is 0. The van der Waals surface area contributed by atoms with Crippen molar-refractivity contribution in [1.82, 2.24) is 0 Å². The standard InChI is InChI=1S/C2H3.2CH5N.Ir.H2O/c3*1-2;;/h1H,2H2;2*2H2,1H3;;1H2/q-1;;;;. The Bertz CT molecular complexity index is 14.0. The predicted octanol–water partition coefficient (Wildman–Crippen LogP) is -1.07. The van der Waals surface area contributed by atoms with Crippen molar-refractivity contribution < 1.29 is 25.6 Å². The van der Waals surface area contributed by atoms with E-state index in [4.69, 9.17) is 0 Å². The molecule has 0 bridgehead atoms. The van der Waals surface area contributed by atoms with E-state index >= 15 is 0 Å². The summed E-state index contributed by atoms with van der Waals surface area (Å²) < 4.78 is 0. The molecule has 0 heterocycles. The van der Waals surface area contributed by atoms with Gasteiger partial charge in [-0.05, 0) is 14.1 Å². The molecule has 0 spiro atoms. The third-order valence-corrected chi connectivity index (χ3v) is 0. The van der Waals surface area contributed by atoms with Crippen LogP contribution >= 0.6 is 0 Å². The van der Waals surface area contributed by atoms with E-state index in [0.717, 1.165) is 0 Å². The van der Waals surface area contributed by atoms with E-state index in [2.05, 4.69) is 24.6 Å². The minimum atomic E-state index is 0. The Morgan fingerprint density at radius 3 is 1.00 bits per heavy atom. The Balaban J connectivity index is -0.00000000500. The Labute approximate surface area is 64.8 Å². The number of nitrogens with two attached hydrogens (primary N) is 2. The van der Waals surface area contributed by atoms with E-state index in [1.165, 1.54) is 14.1 Å². The second-order valence-electron chi connectivity index (χ2n) is 0. The van der Waals surface area contributed by atoms with Crippen molar-refractivity contribution in [1.29, 1.82) is 0 Å². The van der Waals surface area contributed by atoms with Gasteiger partial charge >= 0.3 is 0 Å². The Hall–Kier alpha value is 0.269. The third-order valence-electron chi connectivity index (χ3n) is 0. The van der Waals surface area contributed by atoms with Crippen LogP contribution in [0, 0.1) is 6.58 Å². The van der Waals surface area contributed by atoms with E-state index in [1.54, 1.807) is 0 Å². The summed E-state index contributed by atoms with van der Waals surface area (Å²) in [5.41, 5.74) is 9.00. The molecule has 3 nitrogen and oxygen atoms in total. The first kappa shape index (κ1) is 40.9. The van der Waals surface area contributed by atoms with Crippen molar-refractivity contribution in [3.63, 3.8) is 0 Å². The SMILES string of the molecule is CN.CN.O.[CH-]=C.[Ir]. The third kappa shape index (κ3) is 2400. The number of rotatable bonds is 0. The molecule has 0 aromatic carbocycles. The molecule has 0 aliphatic heterocycles. The average molecular weight is 299 g/mol. The molecule has 0 aromatic heterocycles. The van der Waals surface area contributed by atoms with Crippen molar-refractivity contribution >= 4 is 0 Å². The molecule has 57 valence electrons. The van der Waals surface area contributed by atoms with Crippen LogP contribution in [0.1, 0.15) is 0 Å². The quantitative estimate of drug-likeness (QED) is 0.558. The summed E-state index contributed by atoms with van der Waals surface area (Å²) in [5.74, 6) is 0. The Morgan fingerprint density at radius 1 is 1.00 bits per heavy atom. The van der Waals surface area contributed by atoms with Gasteiger partial charge in [0.1, 0.15) is 0 Å². The van der Waals surface area contributed by atoms with Crippen molar-refractivity contribution in [2.75, 3.05) is 14.1 Å². The summed E-state index contributed by atoms with van der Waals surface area (Å²) in [5, 5.41) is 0. The maximum atomic E-state index is 4.50. The van der Waals surface area contributed by atoms with Crippen molar-refractivity contribution in [2.24, 2.45) is 11.5 Å². The van der Waals surface area contributed by atoms with E-state index in [-0.39, 0.29) is 25.6 Å². The zero-order chi connectivity index (χ0) is 6.00. The Morgan fingerprint density at radius 2 is 1.00 bits per heavy atom. The average Bonchev–Trinajstić information content (AvgIpc) is 1.81. The van der Waals surface area contributed by atoms with Gasteiger partial charge in [-0.15, -0.1) is 0 Å². The molecule has 0 rings (SSSR count). The summed E-state index contributed by atoms with van der Waals surface area (Å²) in [4.78, 5) is 0. The fourth-order valence-corrected chi connectivity index (χ4v) is 0.